The SMILES string of the molecule is O=C(CCc1ccc(C(F)(F)F)cc1)OC[C@H]1CCC=CO1. The van der Waals surface area contributed by atoms with E-state index in [2.05, 4.69) is 0 Å². The van der Waals surface area contributed by atoms with E-state index in [0.29, 0.717) is 12.0 Å². The van der Waals surface area contributed by atoms with Gasteiger partial charge in [0.05, 0.1) is 11.8 Å². The van der Waals surface area contributed by atoms with E-state index < -0.39 is 11.7 Å². The molecule has 120 valence electrons. The molecular weight excluding hydrogens is 297 g/mol. The lowest BCUT2D eigenvalue weighted by molar-refractivity contribution is -0.147. The molecule has 0 spiro atoms. The molecule has 0 fully saturated rings. The van der Waals surface area contributed by atoms with Crippen LogP contribution in [-0.2, 0) is 26.9 Å². The van der Waals surface area contributed by atoms with Gasteiger partial charge in [0, 0.05) is 6.42 Å². The maximum Gasteiger partial charge on any atom is 0.416 e. The molecule has 0 bridgehead atoms. The first-order valence-electron chi connectivity index (χ1n) is 7.07. The Bertz CT molecular complexity index is 520. The van der Waals surface area contributed by atoms with Gasteiger partial charge >= 0.3 is 12.1 Å². The second-order valence-corrected chi connectivity index (χ2v) is 5.08. The number of hydrogen-bond acceptors (Lipinski definition) is 3. The third kappa shape index (κ3) is 5.09. The van der Waals surface area contributed by atoms with E-state index in [0.717, 1.165) is 25.0 Å². The second kappa shape index (κ2) is 7.33. The van der Waals surface area contributed by atoms with Gasteiger partial charge in [-0.2, -0.15) is 13.2 Å². The van der Waals surface area contributed by atoms with Crippen molar-refractivity contribution in [3.63, 3.8) is 0 Å². The topological polar surface area (TPSA) is 35.5 Å². The fraction of sp³-hybridized carbons (Fsp3) is 0.438. The van der Waals surface area contributed by atoms with E-state index in [1.807, 2.05) is 6.08 Å². The van der Waals surface area contributed by atoms with E-state index in [1.54, 1.807) is 6.26 Å². The highest BCUT2D eigenvalue weighted by Gasteiger charge is 2.29. The molecule has 0 aromatic heterocycles. The minimum atomic E-state index is -4.34. The monoisotopic (exact) mass is 314 g/mol. The van der Waals surface area contributed by atoms with Crippen LogP contribution in [0.5, 0.6) is 0 Å². The molecule has 0 aliphatic carbocycles. The van der Waals surface area contributed by atoms with Gasteiger partial charge < -0.3 is 9.47 Å². The number of ether oxygens (including phenoxy) is 2. The van der Waals surface area contributed by atoms with Crippen molar-refractivity contribution in [1.29, 1.82) is 0 Å². The van der Waals surface area contributed by atoms with E-state index in [1.165, 1.54) is 12.1 Å². The maximum atomic E-state index is 12.4. The predicted molar refractivity (Wildman–Crippen MR) is 74.0 cm³/mol. The highest BCUT2D eigenvalue weighted by Crippen LogP contribution is 2.29. The van der Waals surface area contributed by atoms with Crippen molar-refractivity contribution in [2.45, 2.75) is 38.0 Å². The number of alkyl halides is 3. The zero-order valence-electron chi connectivity index (χ0n) is 11.9. The summed E-state index contributed by atoms with van der Waals surface area (Å²) in [5.41, 5.74) is -0.0249. The van der Waals surface area contributed by atoms with Crippen LogP contribution in [0.1, 0.15) is 30.4 Å². The largest absolute Gasteiger partial charge is 0.495 e. The third-order valence-electron chi connectivity index (χ3n) is 3.35. The number of esters is 1. The van der Waals surface area contributed by atoms with Crippen molar-refractivity contribution < 1.29 is 27.4 Å². The van der Waals surface area contributed by atoms with Crippen molar-refractivity contribution in [3.8, 4) is 0 Å². The van der Waals surface area contributed by atoms with Crippen LogP contribution >= 0.6 is 0 Å². The Morgan fingerprint density at radius 3 is 2.59 bits per heavy atom. The molecule has 3 nitrogen and oxygen atoms in total. The van der Waals surface area contributed by atoms with Crippen LogP contribution in [0.25, 0.3) is 0 Å². The standard InChI is InChI=1S/C16H17F3O3/c17-16(18,19)13-7-4-12(5-8-13)6-9-15(20)22-11-14-3-1-2-10-21-14/h2,4-5,7-8,10,14H,1,3,6,9,11H2/t14-/m1/s1. The third-order valence-corrected chi connectivity index (χ3v) is 3.35. The number of hydrogen-bond donors (Lipinski definition) is 0. The van der Waals surface area contributed by atoms with E-state index in [9.17, 15) is 18.0 Å². The van der Waals surface area contributed by atoms with Gasteiger partial charge in [-0.3, -0.25) is 4.79 Å². The number of allylic oxidation sites excluding steroid dienone is 1. The molecule has 0 N–H and O–H groups in total. The normalized spacial score (nSPS) is 17.9. The smallest absolute Gasteiger partial charge is 0.416 e. The first-order chi connectivity index (χ1) is 10.4. The Morgan fingerprint density at radius 2 is 2.00 bits per heavy atom. The lowest BCUT2D eigenvalue weighted by Crippen LogP contribution is -2.22. The van der Waals surface area contributed by atoms with Gasteiger partial charge in [0.1, 0.15) is 12.7 Å². The first kappa shape index (κ1) is 16.4. The molecule has 1 atom stereocenters. The fourth-order valence-corrected chi connectivity index (χ4v) is 2.07. The molecule has 0 unspecified atom stereocenters. The van der Waals surface area contributed by atoms with Crippen molar-refractivity contribution >= 4 is 5.97 Å². The van der Waals surface area contributed by atoms with E-state index in [4.69, 9.17) is 9.47 Å². The Labute approximate surface area is 126 Å². The van der Waals surface area contributed by atoms with Crippen LogP contribution in [0.3, 0.4) is 0 Å². The minimum Gasteiger partial charge on any atom is -0.495 e. The zero-order valence-corrected chi connectivity index (χ0v) is 11.9. The van der Waals surface area contributed by atoms with Gasteiger partial charge in [0.15, 0.2) is 0 Å². The van der Waals surface area contributed by atoms with Gasteiger partial charge in [-0.05, 0) is 43.0 Å². The first-order valence-corrected chi connectivity index (χ1v) is 7.07. The number of halogens is 3. The molecule has 1 aromatic rings. The molecule has 0 saturated carbocycles. The Balaban J connectivity index is 1.72. The van der Waals surface area contributed by atoms with Crippen LogP contribution in [-0.4, -0.2) is 18.7 Å². The zero-order chi connectivity index (χ0) is 16.0. The predicted octanol–water partition coefficient (Wildman–Crippen LogP) is 3.87. The summed E-state index contributed by atoms with van der Waals surface area (Å²) in [5, 5.41) is 0. The van der Waals surface area contributed by atoms with E-state index >= 15 is 0 Å². The summed E-state index contributed by atoms with van der Waals surface area (Å²) >= 11 is 0. The summed E-state index contributed by atoms with van der Waals surface area (Å²) in [7, 11) is 0. The summed E-state index contributed by atoms with van der Waals surface area (Å²) in [6.07, 6.45) is 1.24. The molecule has 1 aliphatic rings. The van der Waals surface area contributed by atoms with E-state index in [-0.39, 0.29) is 25.1 Å². The minimum absolute atomic E-state index is 0.111. The lowest BCUT2D eigenvalue weighted by atomic mass is 10.1. The summed E-state index contributed by atoms with van der Waals surface area (Å²) in [5.74, 6) is -0.377. The number of rotatable bonds is 5. The van der Waals surface area contributed by atoms with Crippen LogP contribution in [0.2, 0.25) is 0 Å². The molecule has 1 aliphatic heterocycles. The van der Waals surface area contributed by atoms with Crippen LogP contribution < -0.4 is 0 Å². The van der Waals surface area contributed by atoms with Crippen LogP contribution in [0, 0.1) is 0 Å². The second-order valence-electron chi connectivity index (χ2n) is 5.08. The molecular formula is C16H17F3O3. The molecule has 1 aromatic carbocycles. The highest BCUT2D eigenvalue weighted by atomic mass is 19.4. The molecule has 6 heteroatoms. The molecule has 0 saturated heterocycles. The Morgan fingerprint density at radius 1 is 1.27 bits per heavy atom. The average Bonchev–Trinajstić information content (AvgIpc) is 2.51. The van der Waals surface area contributed by atoms with Crippen molar-refractivity contribution in [2.75, 3.05) is 6.61 Å². The molecule has 0 amide bonds. The van der Waals surface area contributed by atoms with Gasteiger partial charge in [-0.25, -0.2) is 0 Å². The Kier molecular flexibility index (Phi) is 5.46. The van der Waals surface area contributed by atoms with Gasteiger partial charge in [-0.15, -0.1) is 0 Å². The molecule has 0 radical (unpaired) electrons. The van der Waals surface area contributed by atoms with Gasteiger partial charge in [0.2, 0.25) is 0 Å². The van der Waals surface area contributed by atoms with Gasteiger partial charge in [0.25, 0.3) is 0 Å². The summed E-state index contributed by atoms with van der Waals surface area (Å²) in [4.78, 5) is 11.6. The summed E-state index contributed by atoms with van der Waals surface area (Å²) in [6.45, 7) is 0.205. The molecule has 22 heavy (non-hydrogen) atoms. The fourth-order valence-electron chi connectivity index (χ4n) is 2.07. The summed E-state index contributed by atoms with van der Waals surface area (Å²) < 4.78 is 47.6. The van der Waals surface area contributed by atoms with Gasteiger partial charge in [-0.1, -0.05) is 12.1 Å². The number of aryl methyl sites for hydroxylation is 1. The average molecular weight is 314 g/mol. The maximum absolute atomic E-state index is 12.4. The molecule has 1 heterocycles. The number of carbonyl (C=O) groups is 1. The summed E-state index contributed by atoms with van der Waals surface area (Å²) in [6, 6.07) is 4.79. The van der Waals surface area contributed by atoms with Crippen molar-refractivity contribution in [3.05, 3.63) is 47.7 Å². The number of benzene rings is 1. The number of carbonyl (C=O) groups excluding carboxylic acids is 1. The van der Waals surface area contributed by atoms with Crippen LogP contribution in [0.15, 0.2) is 36.6 Å². The van der Waals surface area contributed by atoms with Crippen LogP contribution in [0.4, 0.5) is 13.2 Å². The van der Waals surface area contributed by atoms with Crippen molar-refractivity contribution in [1.82, 2.24) is 0 Å². The molecule has 2 rings (SSSR count). The quantitative estimate of drug-likeness (QED) is 0.774. The lowest BCUT2D eigenvalue weighted by Gasteiger charge is -2.18. The highest BCUT2D eigenvalue weighted by molar-refractivity contribution is 5.69. The Hall–Kier alpha value is -1.98. The van der Waals surface area contributed by atoms with Crippen molar-refractivity contribution in [2.24, 2.45) is 0 Å².